The average Bonchev–Trinajstić information content (AvgIpc) is 2.07. The van der Waals surface area contributed by atoms with Crippen LogP contribution in [-0.4, -0.2) is 10.3 Å². The fourth-order valence-electron chi connectivity index (χ4n) is 0.933. The zero-order valence-corrected chi connectivity index (χ0v) is 8.22. The van der Waals surface area contributed by atoms with Crippen molar-refractivity contribution < 1.29 is 10.3 Å². The second-order valence-corrected chi connectivity index (χ2v) is 3.33. The third-order valence-corrected chi connectivity index (χ3v) is 2.66. The quantitative estimate of drug-likeness (QED) is 0.683. The average molecular weight is 232 g/mol. The van der Waals surface area contributed by atoms with Crippen LogP contribution in [0.25, 0.3) is 0 Å². The van der Waals surface area contributed by atoms with Crippen LogP contribution in [0.3, 0.4) is 0 Å². The molecule has 0 saturated heterocycles. The number of nitrogens with one attached hydrogen (secondary N) is 1. The van der Waals surface area contributed by atoms with Crippen molar-refractivity contribution >= 4 is 15.9 Å². The summed E-state index contributed by atoms with van der Waals surface area (Å²) in [6.45, 7) is 2.13. The number of aryl methyl sites for hydroxylation is 1. The minimum absolute atomic E-state index is 0.177. The first-order chi connectivity index (χ1) is 5.66. The van der Waals surface area contributed by atoms with Crippen LogP contribution in [0, 0.1) is 6.92 Å². The van der Waals surface area contributed by atoms with Crippen molar-refractivity contribution in [3.8, 4) is 5.75 Å². The number of aromatic hydroxyl groups is 1. The summed E-state index contributed by atoms with van der Waals surface area (Å²) in [4.78, 5) is 0. The van der Waals surface area contributed by atoms with E-state index in [-0.39, 0.29) is 12.3 Å². The SMILES string of the molecule is Cc1ccc(CNO)c(O)c1Br. The number of phenols is 1. The van der Waals surface area contributed by atoms with E-state index >= 15 is 0 Å². The number of hydrogen-bond acceptors (Lipinski definition) is 3. The summed E-state index contributed by atoms with van der Waals surface area (Å²) in [5, 5.41) is 17.9. The number of hydrogen-bond donors (Lipinski definition) is 3. The summed E-state index contributed by atoms with van der Waals surface area (Å²) in [6.07, 6.45) is 0. The van der Waals surface area contributed by atoms with E-state index < -0.39 is 0 Å². The van der Waals surface area contributed by atoms with Gasteiger partial charge in [-0.25, -0.2) is 5.48 Å². The van der Waals surface area contributed by atoms with E-state index in [2.05, 4.69) is 15.9 Å². The van der Waals surface area contributed by atoms with Gasteiger partial charge in [-0.15, -0.1) is 0 Å². The monoisotopic (exact) mass is 231 g/mol. The molecule has 0 unspecified atom stereocenters. The zero-order chi connectivity index (χ0) is 9.14. The highest BCUT2D eigenvalue weighted by Crippen LogP contribution is 2.30. The smallest absolute Gasteiger partial charge is 0.134 e. The fourth-order valence-corrected chi connectivity index (χ4v) is 1.32. The molecule has 0 aliphatic carbocycles. The molecule has 3 nitrogen and oxygen atoms in total. The van der Waals surface area contributed by atoms with Crippen LogP contribution >= 0.6 is 15.9 Å². The normalized spacial score (nSPS) is 10.2. The van der Waals surface area contributed by atoms with Crippen molar-refractivity contribution in [2.45, 2.75) is 13.5 Å². The second kappa shape index (κ2) is 3.89. The Morgan fingerprint density at radius 2 is 2.17 bits per heavy atom. The molecule has 66 valence electrons. The molecule has 3 N–H and O–H groups in total. The Morgan fingerprint density at radius 1 is 1.50 bits per heavy atom. The molecule has 0 radical (unpaired) electrons. The van der Waals surface area contributed by atoms with E-state index in [4.69, 9.17) is 5.21 Å². The van der Waals surface area contributed by atoms with Gasteiger partial charge in [0.15, 0.2) is 0 Å². The Bertz CT molecular complexity index is 289. The molecule has 0 amide bonds. The van der Waals surface area contributed by atoms with Crippen LogP contribution in [-0.2, 0) is 6.54 Å². The van der Waals surface area contributed by atoms with Crippen molar-refractivity contribution in [1.82, 2.24) is 5.48 Å². The third kappa shape index (κ3) is 1.77. The molecule has 0 bridgehead atoms. The van der Waals surface area contributed by atoms with E-state index in [9.17, 15) is 5.11 Å². The molecular formula is C8H10BrNO2. The van der Waals surface area contributed by atoms with E-state index in [1.807, 2.05) is 18.5 Å². The Balaban J connectivity index is 3.08. The minimum atomic E-state index is 0.177. The van der Waals surface area contributed by atoms with Crippen molar-refractivity contribution in [3.63, 3.8) is 0 Å². The Hall–Kier alpha value is -0.580. The first-order valence-electron chi connectivity index (χ1n) is 3.50. The predicted molar refractivity (Wildman–Crippen MR) is 49.2 cm³/mol. The third-order valence-electron chi connectivity index (χ3n) is 1.66. The van der Waals surface area contributed by atoms with Crippen LogP contribution in [0.2, 0.25) is 0 Å². The van der Waals surface area contributed by atoms with Crippen LogP contribution in [0.4, 0.5) is 0 Å². The van der Waals surface area contributed by atoms with Crippen LogP contribution < -0.4 is 5.48 Å². The van der Waals surface area contributed by atoms with Gasteiger partial charge in [0.2, 0.25) is 0 Å². The van der Waals surface area contributed by atoms with Gasteiger partial charge in [0.1, 0.15) is 5.75 Å². The summed E-state index contributed by atoms with van der Waals surface area (Å²) in [5.41, 5.74) is 3.62. The molecule has 0 atom stereocenters. The number of hydroxylamine groups is 1. The first-order valence-corrected chi connectivity index (χ1v) is 4.30. The molecule has 1 aromatic carbocycles. The van der Waals surface area contributed by atoms with Gasteiger partial charge in [-0.2, -0.15) is 0 Å². The topological polar surface area (TPSA) is 52.5 Å². The second-order valence-electron chi connectivity index (χ2n) is 2.54. The highest BCUT2D eigenvalue weighted by molar-refractivity contribution is 9.10. The van der Waals surface area contributed by atoms with E-state index in [1.165, 1.54) is 0 Å². The first kappa shape index (κ1) is 9.51. The largest absolute Gasteiger partial charge is 0.506 e. The Kier molecular flexibility index (Phi) is 3.08. The molecule has 0 aromatic heterocycles. The van der Waals surface area contributed by atoms with Crippen LogP contribution in [0.5, 0.6) is 5.75 Å². The summed E-state index contributed by atoms with van der Waals surface area (Å²) >= 11 is 3.24. The molecule has 12 heavy (non-hydrogen) atoms. The van der Waals surface area contributed by atoms with Crippen molar-refractivity contribution in [2.24, 2.45) is 0 Å². The van der Waals surface area contributed by atoms with Crippen LogP contribution in [0.1, 0.15) is 11.1 Å². The Morgan fingerprint density at radius 3 is 2.75 bits per heavy atom. The van der Waals surface area contributed by atoms with Gasteiger partial charge < -0.3 is 10.3 Å². The molecule has 0 saturated carbocycles. The molecule has 0 heterocycles. The van der Waals surface area contributed by atoms with Gasteiger partial charge in [-0.1, -0.05) is 12.1 Å². The zero-order valence-electron chi connectivity index (χ0n) is 6.63. The van der Waals surface area contributed by atoms with E-state index in [0.717, 1.165) is 5.56 Å². The number of halogens is 1. The minimum Gasteiger partial charge on any atom is -0.506 e. The molecule has 0 aliphatic rings. The summed E-state index contributed by atoms with van der Waals surface area (Å²) < 4.78 is 0.676. The van der Waals surface area contributed by atoms with Gasteiger partial charge >= 0.3 is 0 Å². The lowest BCUT2D eigenvalue weighted by Crippen LogP contribution is -2.06. The van der Waals surface area contributed by atoms with Gasteiger partial charge in [-0.05, 0) is 28.4 Å². The highest BCUT2D eigenvalue weighted by Gasteiger charge is 2.06. The maximum absolute atomic E-state index is 9.51. The molecular weight excluding hydrogens is 222 g/mol. The predicted octanol–water partition coefficient (Wildman–Crippen LogP) is 1.94. The lowest BCUT2D eigenvalue weighted by Gasteiger charge is -2.06. The maximum Gasteiger partial charge on any atom is 0.134 e. The van der Waals surface area contributed by atoms with Gasteiger partial charge in [0.25, 0.3) is 0 Å². The molecule has 0 spiro atoms. The summed E-state index contributed by atoms with van der Waals surface area (Å²) in [5.74, 6) is 0.177. The van der Waals surface area contributed by atoms with Gasteiger partial charge in [0.05, 0.1) is 4.47 Å². The summed E-state index contributed by atoms with van der Waals surface area (Å²) in [7, 11) is 0. The molecule has 0 fully saturated rings. The molecule has 0 aliphatic heterocycles. The lowest BCUT2D eigenvalue weighted by molar-refractivity contribution is 0.160. The van der Waals surface area contributed by atoms with Crippen molar-refractivity contribution in [1.29, 1.82) is 0 Å². The summed E-state index contributed by atoms with van der Waals surface area (Å²) in [6, 6.07) is 3.63. The van der Waals surface area contributed by atoms with Crippen molar-refractivity contribution in [3.05, 3.63) is 27.7 Å². The van der Waals surface area contributed by atoms with Gasteiger partial charge in [-0.3, -0.25) is 0 Å². The number of phenolic OH excluding ortho intramolecular Hbond substituents is 1. The van der Waals surface area contributed by atoms with E-state index in [0.29, 0.717) is 10.0 Å². The number of benzene rings is 1. The maximum atomic E-state index is 9.51. The molecule has 4 heteroatoms. The van der Waals surface area contributed by atoms with Crippen molar-refractivity contribution in [2.75, 3.05) is 0 Å². The fraction of sp³-hybridized carbons (Fsp3) is 0.250. The lowest BCUT2D eigenvalue weighted by atomic mass is 10.1. The number of rotatable bonds is 2. The standard InChI is InChI=1S/C8H10BrNO2/c1-5-2-3-6(4-10-12)8(11)7(5)9/h2-3,10-12H,4H2,1H3. The Labute approximate surface area is 79.1 Å². The van der Waals surface area contributed by atoms with Crippen LogP contribution in [0.15, 0.2) is 16.6 Å². The highest BCUT2D eigenvalue weighted by atomic mass is 79.9. The van der Waals surface area contributed by atoms with Gasteiger partial charge in [0, 0.05) is 12.1 Å². The molecule has 1 rings (SSSR count). The van der Waals surface area contributed by atoms with E-state index in [1.54, 1.807) is 6.07 Å². The molecule has 1 aromatic rings.